The average molecular weight is 299 g/mol. The van der Waals surface area contributed by atoms with Gasteiger partial charge < -0.3 is 5.32 Å². The minimum Gasteiger partial charge on any atom is -0.325 e. The van der Waals surface area contributed by atoms with Crippen LogP contribution in [-0.2, 0) is 4.79 Å². The number of alkyl halides is 3. The molecule has 21 heavy (non-hydrogen) atoms. The lowest BCUT2D eigenvalue weighted by molar-refractivity contribution is -0.146. The number of nitrogens with zero attached hydrogens (tertiary/aromatic N) is 2. The first-order valence-electron chi connectivity index (χ1n) is 6.43. The van der Waals surface area contributed by atoms with Gasteiger partial charge in [0.05, 0.1) is 17.8 Å². The molecule has 0 fully saturated rings. The van der Waals surface area contributed by atoms with Gasteiger partial charge >= 0.3 is 6.18 Å². The molecule has 0 atom stereocenters. The van der Waals surface area contributed by atoms with Crippen LogP contribution in [0.4, 0.5) is 18.9 Å². The molecule has 0 saturated carbocycles. The van der Waals surface area contributed by atoms with Gasteiger partial charge in [0, 0.05) is 13.0 Å². The zero-order valence-electron chi connectivity index (χ0n) is 11.6. The first-order chi connectivity index (χ1) is 9.85. The van der Waals surface area contributed by atoms with Gasteiger partial charge in [-0.2, -0.15) is 18.4 Å². The molecule has 0 bridgehead atoms. The van der Waals surface area contributed by atoms with Crippen LogP contribution in [0.3, 0.4) is 0 Å². The molecule has 1 N–H and O–H groups in total. The van der Waals surface area contributed by atoms with E-state index in [1.165, 1.54) is 0 Å². The minimum atomic E-state index is -4.28. The molecular weight excluding hydrogens is 283 g/mol. The number of hydrogen-bond donors (Lipinski definition) is 1. The molecule has 0 heterocycles. The molecule has 0 aliphatic carbocycles. The summed E-state index contributed by atoms with van der Waals surface area (Å²) in [7, 11) is 0. The number of anilines is 1. The summed E-state index contributed by atoms with van der Waals surface area (Å²) in [6, 6.07) is 8.39. The Labute approximate surface area is 121 Å². The van der Waals surface area contributed by atoms with Crippen LogP contribution >= 0.6 is 0 Å². The fourth-order valence-electron chi connectivity index (χ4n) is 1.76. The number of nitrogens with one attached hydrogen (secondary N) is 1. The molecule has 4 nitrogen and oxygen atoms in total. The fraction of sp³-hybridized carbons (Fsp3) is 0.429. The zero-order chi connectivity index (χ0) is 15.9. The molecule has 0 unspecified atom stereocenters. The van der Waals surface area contributed by atoms with Gasteiger partial charge in [0.25, 0.3) is 0 Å². The number of benzene rings is 1. The molecule has 0 saturated heterocycles. The Bertz CT molecular complexity index is 523. The van der Waals surface area contributed by atoms with Gasteiger partial charge in [0.1, 0.15) is 6.07 Å². The van der Waals surface area contributed by atoms with Crippen LogP contribution in [0.5, 0.6) is 0 Å². The van der Waals surface area contributed by atoms with E-state index in [-0.39, 0.29) is 19.5 Å². The molecule has 0 aromatic heterocycles. The third-order valence-electron chi connectivity index (χ3n) is 2.83. The second-order valence-corrected chi connectivity index (χ2v) is 4.44. The maximum absolute atomic E-state index is 12.3. The summed E-state index contributed by atoms with van der Waals surface area (Å²) >= 11 is 0. The second-order valence-electron chi connectivity index (χ2n) is 4.44. The number of carbonyl (C=O) groups excluding carboxylic acids is 1. The lowest BCUT2D eigenvalue weighted by Crippen LogP contribution is -2.36. The Balaban J connectivity index is 2.52. The van der Waals surface area contributed by atoms with Gasteiger partial charge in [-0.3, -0.25) is 9.69 Å². The van der Waals surface area contributed by atoms with Crippen molar-refractivity contribution in [1.29, 1.82) is 5.26 Å². The van der Waals surface area contributed by atoms with Crippen molar-refractivity contribution in [3.05, 3.63) is 29.8 Å². The predicted octanol–water partition coefficient (Wildman–Crippen LogP) is 2.77. The van der Waals surface area contributed by atoms with Gasteiger partial charge in [-0.1, -0.05) is 19.1 Å². The summed E-state index contributed by atoms with van der Waals surface area (Å²) in [5.41, 5.74) is 0.678. The van der Waals surface area contributed by atoms with Crippen LogP contribution in [-0.4, -0.2) is 36.6 Å². The SMILES string of the molecule is CCN(CCC(=O)Nc1ccccc1C#N)CC(F)(F)F. The number of hydrogen-bond acceptors (Lipinski definition) is 3. The average Bonchev–Trinajstić information content (AvgIpc) is 2.42. The Morgan fingerprint density at radius 2 is 2.05 bits per heavy atom. The molecule has 0 aliphatic heterocycles. The van der Waals surface area contributed by atoms with Gasteiger partial charge in [0.2, 0.25) is 5.91 Å². The van der Waals surface area contributed by atoms with Gasteiger partial charge in [-0.05, 0) is 18.7 Å². The summed E-state index contributed by atoms with van der Waals surface area (Å²) in [6.07, 6.45) is -4.34. The van der Waals surface area contributed by atoms with Crippen LogP contribution in [0.2, 0.25) is 0 Å². The van der Waals surface area contributed by atoms with E-state index in [1.807, 2.05) is 6.07 Å². The van der Waals surface area contributed by atoms with Crippen molar-refractivity contribution in [2.24, 2.45) is 0 Å². The summed E-state index contributed by atoms with van der Waals surface area (Å²) in [4.78, 5) is 12.9. The van der Waals surface area contributed by atoms with E-state index in [2.05, 4.69) is 5.32 Å². The molecule has 1 amide bonds. The first-order valence-corrected chi connectivity index (χ1v) is 6.43. The Morgan fingerprint density at radius 3 is 2.62 bits per heavy atom. The number of para-hydroxylation sites is 1. The van der Waals surface area contributed by atoms with E-state index in [0.717, 1.165) is 4.90 Å². The standard InChI is InChI=1S/C14H16F3N3O/c1-2-20(10-14(15,16)17)8-7-13(21)19-12-6-4-3-5-11(12)9-18/h3-6H,2,7-8,10H2,1H3,(H,19,21). The minimum absolute atomic E-state index is 0.0105. The maximum atomic E-state index is 12.3. The lowest BCUT2D eigenvalue weighted by Gasteiger charge is -2.21. The maximum Gasteiger partial charge on any atom is 0.401 e. The number of carbonyl (C=O) groups is 1. The van der Waals surface area contributed by atoms with Gasteiger partial charge in [-0.15, -0.1) is 0 Å². The number of nitriles is 1. The summed E-state index contributed by atoms with van der Waals surface area (Å²) in [5, 5.41) is 11.4. The highest BCUT2D eigenvalue weighted by molar-refractivity contribution is 5.92. The highest BCUT2D eigenvalue weighted by Crippen LogP contribution is 2.17. The van der Waals surface area contributed by atoms with Crippen molar-refractivity contribution in [3.8, 4) is 6.07 Å². The van der Waals surface area contributed by atoms with E-state index < -0.39 is 18.6 Å². The molecule has 114 valence electrons. The van der Waals surface area contributed by atoms with Crippen LogP contribution in [0.1, 0.15) is 18.9 Å². The van der Waals surface area contributed by atoms with Crippen molar-refractivity contribution in [1.82, 2.24) is 4.90 Å². The highest BCUT2D eigenvalue weighted by Gasteiger charge is 2.30. The van der Waals surface area contributed by atoms with Crippen LogP contribution < -0.4 is 5.32 Å². The highest BCUT2D eigenvalue weighted by atomic mass is 19.4. The van der Waals surface area contributed by atoms with Crippen molar-refractivity contribution in [3.63, 3.8) is 0 Å². The molecule has 1 aromatic carbocycles. The van der Waals surface area contributed by atoms with Gasteiger partial charge in [0.15, 0.2) is 0 Å². The molecule has 1 aromatic rings. The normalized spacial score (nSPS) is 11.2. The third kappa shape index (κ3) is 6.27. The Morgan fingerprint density at radius 1 is 1.38 bits per heavy atom. The van der Waals surface area contributed by atoms with E-state index in [1.54, 1.807) is 31.2 Å². The largest absolute Gasteiger partial charge is 0.401 e. The molecule has 7 heteroatoms. The first kappa shape index (κ1) is 17.0. The van der Waals surface area contributed by atoms with E-state index >= 15 is 0 Å². The smallest absolute Gasteiger partial charge is 0.325 e. The quantitative estimate of drug-likeness (QED) is 0.878. The van der Waals surface area contributed by atoms with Crippen LogP contribution in [0, 0.1) is 11.3 Å². The van der Waals surface area contributed by atoms with Gasteiger partial charge in [-0.25, -0.2) is 0 Å². The number of amides is 1. The third-order valence-corrected chi connectivity index (χ3v) is 2.83. The van der Waals surface area contributed by atoms with Crippen molar-refractivity contribution in [2.45, 2.75) is 19.5 Å². The number of rotatable bonds is 6. The number of halogens is 3. The zero-order valence-corrected chi connectivity index (χ0v) is 11.6. The topological polar surface area (TPSA) is 56.1 Å². The molecule has 0 aliphatic rings. The monoisotopic (exact) mass is 299 g/mol. The Hall–Kier alpha value is -2.07. The molecule has 1 rings (SSSR count). The van der Waals surface area contributed by atoms with Crippen molar-refractivity contribution in [2.75, 3.05) is 25.0 Å². The molecule has 0 spiro atoms. The summed E-state index contributed by atoms with van der Waals surface area (Å²) < 4.78 is 36.9. The molecule has 0 radical (unpaired) electrons. The predicted molar refractivity (Wildman–Crippen MR) is 72.6 cm³/mol. The van der Waals surface area contributed by atoms with E-state index in [9.17, 15) is 18.0 Å². The fourth-order valence-corrected chi connectivity index (χ4v) is 1.76. The lowest BCUT2D eigenvalue weighted by atomic mass is 10.2. The summed E-state index contributed by atoms with van der Waals surface area (Å²) in [5.74, 6) is -0.418. The second kappa shape index (κ2) is 7.64. The van der Waals surface area contributed by atoms with E-state index in [0.29, 0.717) is 11.3 Å². The van der Waals surface area contributed by atoms with Crippen LogP contribution in [0.15, 0.2) is 24.3 Å². The van der Waals surface area contributed by atoms with Crippen molar-refractivity contribution >= 4 is 11.6 Å². The van der Waals surface area contributed by atoms with E-state index in [4.69, 9.17) is 5.26 Å². The molecular formula is C14H16F3N3O. The van der Waals surface area contributed by atoms with Crippen LogP contribution in [0.25, 0.3) is 0 Å². The summed E-state index contributed by atoms with van der Waals surface area (Å²) in [6.45, 7) is 0.790. The van der Waals surface area contributed by atoms with Crippen molar-refractivity contribution < 1.29 is 18.0 Å². The Kier molecular flexibility index (Phi) is 6.18.